The van der Waals surface area contributed by atoms with Gasteiger partial charge in [-0.2, -0.15) is 4.52 Å². The van der Waals surface area contributed by atoms with Gasteiger partial charge in [0.25, 0.3) is 5.56 Å². The maximum atomic E-state index is 12.2. The topological polar surface area (TPSA) is 85.5 Å². The molecule has 0 fully saturated rings. The lowest BCUT2D eigenvalue weighted by Gasteiger charge is -2.30. The molecule has 0 radical (unpaired) electrons. The molecule has 0 aromatic carbocycles. The van der Waals surface area contributed by atoms with Crippen LogP contribution in [-0.2, 0) is 13.0 Å². The first-order valence-electron chi connectivity index (χ1n) is 10.1. The number of hydrogen-bond donors (Lipinski definition) is 0. The molecule has 31 heavy (non-hydrogen) atoms. The molecule has 0 aliphatic carbocycles. The molecule has 1 aliphatic heterocycles. The molecule has 0 saturated heterocycles. The number of rotatable bonds is 3. The first-order chi connectivity index (χ1) is 15.0. The van der Waals surface area contributed by atoms with Crippen molar-refractivity contribution in [2.45, 2.75) is 26.8 Å². The van der Waals surface area contributed by atoms with Crippen molar-refractivity contribution in [3.8, 4) is 17.0 Å². The van der Waals surface area contributed by atoms with Crippen molar-refractivity contribution in [3.63, 3.8) is 0 Å². The number of ether oxygens (including phenoxy) is 1. The molecule has 4 aromatic heterocycles. The number of aromatic nitrogens is 5. The van der Waals surface area contributed by atoms with Crippen LogP contribution in [0.1, 0.15) is 22.4 Å². The lowest BCUT2D eigenvalue weighted by atomic mass is 9.99. The molecule has 1 aliphatic rings. The minimum absolute atomic E-state index is 0.185. The maximum absolute atomic E-state index is 12.2. The van der Waals surface area contributed by atoms with Crippen molar-refractivity contribution in [1.29, 1.82) is 0 Å². The molecular formula is C23H22N6O2. The average Bonchev–Trinajstić information content (AvgIpc) is 2.78. The lowest BCUT2D eigenvalue weighted by Crippen LogP contribution is -2.33. The second-order valence-corrected chi connectivity index (χ2v) is 7.75. The number of fused-ring (bicyclic) bond motifs is 2. The van der Waals surface area contributed by atoms with Crippen LogP contribution in [0, 0.1) is 13.8 Å². The van der Waals surface area contributed by atoms with Crippen molar-refractivity contribution >= 4 is 11.5 Å². The van der Waals surface area contributed by atoms with E-state index in [-0.39, 0.29) is 5.56 Å². The first kappa shape index (κ1) is 19.2. The van der Waals surface area contributed by atoms with Gasteiger partial charge >= 0.3 is 0 Å². The zero-order chi connectivity index (χ0) is 21.5. The Labute approximate surface area is 179 Å². The Morgan fingerprint density at radius 2 is 1.90 bits per heavy atom. The number of pyridine rings is 2. The number of hydrogen-bond acceptors (Lipinski definition) is 7. The van der Waals surface area contributed by atoms with Crippen molar-refractivity contribution in [1.82, 2.24) is 24.6 Å². The molecule has 0 spiro atoms. The molecule has 5 rings (SSSR count). The van der Waals surface area contributed by atoms with Crippen molar-refractivity contribution in [2.75, 3.05) is 18.6 Å². The quantitative estimate of drug-likeness (QED) is 0.509. The maximum Gasteiger partial charge on any atom is 0.274 e. The fourth-order valence-electron chi connectivity index (χ4n) is 4.06. The van der Waals surface area contributed by atoms with E-state index < -0.39 is 0 Å². The van der Waals surface area contributed by atoms with Gasteiger partial charge < -0.3 is 9.64 Å². The third-order valence-corrected chi connectivity index (χ3v) is 5.69. The monoisotopic (exact) mass is 414 g/mol. The van der Waals surface area contributed by atoms with Gasteiger partial charge in [-0.15, -0.1) is 5.10 Å². The van der Waals surface area contributed by atoms with Crippen LogP contribution in [0.25, 0.3) is 16.8 Å². The Balaban J connectivity index is 1.51. The standard InChI is InChI=1S/C23H22N6O2/c1-14-9-21(31-3)26-12-18(14)16-10-17-13-28(7-5-19(17)25-11-16)23-15(2)8-20-24-6-4-22(30)29(20)27-23/h4,6,8-12H,5,7,13H2,1-3H3. The van der Waals surface area contributed by atoms with Crippen LogP contribution in [0.4, 0.5) is 5.82 Å². The molecule has 8 nitrogen and oxygen atoms in total. The highest BCUT2D eigenvalue weighted by Crippen LogP contribution is 2.30. The highest BCUT2D eigenvalue weighted by molar-refractivity contribution is 5.67. The molecular weight excluding hydrogens is 392 g/mol. The second-order valence-electron chi connectivity index (χ2n) is 7.75. The van der Waals surface area contributed by atoms with E-state index in [2.05, 4.69) is 26.0 Å². The number of aryl methyl sites for hydroxylation is 2. The van der Waals surface area contributed by atoms with Gasteiger partial charge in [0.2, 0.25) is 5.88 Å². The van der Waals surface area contributed by atoms with E-state index in [0.29, 0.717) is 18.1 Å². The number of anilines is 1. The van der Waals surface area contributed by atoms with Gasteiger partial charge in [-0.05, 0) is 42.7 Å². The summed E-state index contributed by atoms with van der Waals surface area (Å²) in [5.41, 5.74) is 6.74. The molecule has 0 saturated carbocycles. The minimum atomic E-state index is -0.185. The van der Waals surface area contributed by atoms with Crippen molar-refractivity contribution in [3.05, 3.63) is 75.6 Å². The highest BCUT2D eigenvalue weighted by atomic mass is 16.5. The number of nitrogens with zero attached hydrogens (tertiary/aromatic N) is 6. The molecule has 156 valence electrons. The summed E-state index contributed by atoms with van der Waals surface area (Å²) in [4.78, 5) is 27.7. The zero-order valence-corrected chi connectivity index (χ0v) is 17.7. The molecule has 8 heteroatoms. The minimum Gasteiger partial charge on any atom is -0.481 e. The molecule has 0 atom stereocenters. The summed E-state index contributed by atoms with van der Waals surface area (Å²) in [5.74, 6) is 1.39. The van der Waals surface area contributed by atoms with Crippen LogP contribution in [0.3, 0.4) is 0 Å². The van der Waals surface area contributed by atoms with Crippen LogP contribution < -0.4 is 15.2 Å². The molecule has 0 N–H and O–H groups in total. The van der Waals surface area contributed by atoms with Crippen LogP contribution in [0.2, 0.25) is 0 Å². The van der Waals surface area contributed by atoms with Crippen LogP contribution in [-0.4, -0.2) is 38.2 Å². The summed E-state index contributed by atoms with van der Waals surface area (Å²) in [7, 11) is 1.61. The predicted octanol–water partition coefficient (Wildman–Crippen LogP) is 2.73. The fourth-order valence-corrected chi connectivity index (χ4v) is 4.06. The fraction of sp³-hybridized carbons (Fsp3) is 0.261. The molecule has 0 amide bonds. The van der Waals surface area contributed by atoms with Gasteiger partial charge in [-0.1, -0.05) is 0 Å². The van der Waals surface area contributed by atoms with Gasteiger partial charge in [0.05, 0.1) is 7.11 Å². The molecule has 5 heterocycles. The Bertz CT molecular complexity index is 1360. The van der Waals surface area contributed by atoms with Crippen molar-refractivity contribution in [2.24, 2.45) is 0 Å². The summed E-state index contributed by atoms with van der Waals surface area (Å²) >= 11 is 0. The molecule has 4 aromatic rings. The largest absolute Gasteiger partial charge is 0.481 e. The van der Waals surface area contributed by atoms with E-state index in [9.17, 15) is 4.79 Å². The smallest absolute Gasteiger partial charge is 0.274 e. The lowest BCUT2D eigenvalue weighted by molar-refractivity contribution is 0.397. The SMILES string of the molecule is COc1cc(C)c(-c2cnc3c(c2)CN(c2nn4c(=O)ccnc4cc2C)CC3)cn1. The summed E-state index contributed by atoms with van der Waals surface area (Å²) in [6, 6.07) is 7.43. The van der Waals surface area contributed by atoms with Crippen LogP contribution >= 0.6 is 0 Å². The number of methoxy groups -OCH3 is 1. The first-order valence-corrected chi connectivity index (χ1v) is 10.1. The van der Waals surface area contributed by atoms with Crippen LogP contribution in [0.5, 0.6) is 5.88 Å². The predicted molar refractivity (Wildman–Crippen MR) is 118 cm³/mol. The van der Waals surface area contributed by atoms with E-state index in [0.717, 1.165) is 52.3 Å². The van der Waals surface area contributed by atoms with Gasteiger partial charge in [-0.3, -0.25) is 9.78 Å². The zero-order valence-electron chi connectivity index (χ0n) is 17.7. The third-order valence-electron chi connectivity index (χ3n) is 5.69. The molecule has 0 bridgehead atoms. The Morgan fingerprint density at radius 3 is 2.71 bits per heavy atom. The molecule has 0 unspecified atom stereocenters. The Hall–Kier alpha value is -3.81. The summed E-state index contributed by atoms with van der Waals surface area (Å²) in [6.07, 6.45) is 6.07. The summed E-state index contributed by atoms with van der Waals surface area (Å²) in [5, 5.41) is 4.61. The average molecular weight is 414 g/mol. The van der Waals surface area contributed by atoms with E-state index in [4.69, 9.17) is 9.72 Å². The van der Waals surface area contributed by atoms with Crippen molar-refractivity contribution < 1.29 is 4.74 Å². The van der Waals surface area contributed by atoms with E-state index in [1.807, 2.05) is 38.4 Å². The normalized spacial score (nSPS) is 13.3. The summed E-state index contributed by atoms with van der Waals surface area (Å²) in [6.45, 7) is 5.50. The van der Waals surface area contributed by atoms with E-state index in [1.165, 1.54) is 16.8 Å². The van der Waals surface area contributed by atoms with Gasteiger partial charge in [0.15, 0.2) is 11.5 Å². The summed E-state index contributed by atoms with van der Waals surface area (Å²) < 4.78 is 6.58. The van der Waals surface area contributed by atoms with Gasteiger partial charge in [-0.25, -0.2) is 9.97 Å². The third kappa shape index (κ3) is 3.39. The van der Waals surface area contributed by atoms with Crippen LogP contribution in [0.15, 0.2) is 47.7 Å². The second kappa shape index (κ2) is 7.46. The van der Waals surface area contributed by atoms with Gasteiger partial charge in [0, 0.05) is 67.1 Å². The van der Waals surface area contributed by atoms with E-state index in [1.54, 1.807) is 7.11 Å². The Morgan fingerprint density at radius 1 is 1.03 bits per heavy atom. The Kier molecular flexibility index (Phi) is 4.62. The van der Waals surface area contributed by atoms with Gasteiger partial charge in [0.1, 0.15) is 0 Å². The van der Waals surface area contributed by atoms with E-state index >= 15 is 0 Å². The highest BCUT2D eigenvalue weighted by Gasteiger charge is 2.22.